The Morgan fingerprint density at radius 3 is 2.75 bits per heavy atom. The number of ether oxygens (including phenoxy) is 1. The first-order valence-corrected chi connectivity index (χ1v) is 7.42. The second kappa shape index (κ2) is 5.68. The van der Waals surface area contributed by atoms with Crippen molar-refractivity contribution in [3.8, 4) is 11.5 Å². The van der Waals surface area contributed by atoms with Gasteiger partial charge in [0.15, 0.2) is 0 Å². The molecule has 1 atom stereocenters. The monoisotopic (exact) mass is 267 g/mol. The number of rotatable bonds is 4. The quantitative estimate of drug-likeness (QED) is 0.892. The predicted molar refractivity (Wildman–Crippen MR) is 82.2 cm³/mol. The highest BCUT2D eigenvalue weighted by atomic mass is 16.5. The van der Waals surface area contributed by atoms with Crippen LogP contribution in [0, 0.1) is 0 Å². The molecule has 20 heavy (non-hydrogen) atoms. The van der Waals surface area contributed by atoms with E-state index in [0.29, 0.717) is 0 Å². The Labute approximate surface area is 120 Å². The topological polar surface area (TPSA) is 35.2 Å². The summed E-state index contributed by atoms with van der Waals surface area (Å²) in [6.07, 6.45) is 4.54. The summed E-state index contributed by atoms with van der Waals surface area (Å²) < 4.78 is 6.08. The van der Waals surface area contributed by atoms with E-state index in [2.05, 4.69) is 31.2 Å². The van der Waals surface area contributed by atoms with Crippen molar-refractivity contribution in [1.29, 1.82) is 0 Å². The molecule has 3 rings (SSSR count). The normalized spacial score (nSPS) is 14.9. The van der Waals surface area contributed by atoms with Crippen LogP contribution in [-0.2, 0) is 12.8 Å². The predicted octanol–water partition coefficient (Wildman–Crippen LogP) is 4.38. The largest absolute Gasteiger partial charge is 0.457 e. The molecule has 104 valence electrons. The molecule has 2 heteroatoms. The van der Waals surface area contributed by atoms with Crippen LogP contribution in [0.3, 0.4) is 0 Å². The van der Waals surface area contributed by atoms with Crippen LogP contribution in [0.2, 0.25) is 0 Å². The standard InChI is InChI=1S/C18H21NO/c1-2-17(19)16-8-3-4-9-18(16)20-15-11-10-13-6-5-7-14(13)12-15/h3-4,8-12,17H,2,5-7,19H2,1H3/t17-/m1/s1. The number of benzene rings is 2. The van der Waals surface area contributed by atoms with Gasteiger partial charge in [-0.2, -0.15) is 0 Å². The molecule has 0 amide bonds. The average molecular weight is 267 g/mol. The molecule has 0 fully saturated rings. The minimum atomic E-state index is 0.0284. The Balaban J connectivity index is 1.88. The van der Waals surface area contributed by atoms with Crippen molar-refractivity contribution >= 4 is 0 Å². The van der Waals surface area contributed by atoms with Crippen LogP contribution in [0.25, 0.3) is 0 Å². The van der Waals surface area contributed by atoms with Crippen LogP contribution in [0.15, 0.2) is 42.5 Å². The van der Waals surface area contributed by atoms with Crippen LogP contribution >= 0.6 is 0 Å². The van der Waals surface area contributed by atoms with E-state index in [-0.39, 0.29) is 6.04 Å². The van der Waals surface area contributed by atoms with Crippen LogP contribution < -0.4 is 10.5 Å². The molecule has 1 aliphatic rings. The van der Waals surface area contributed by atoms with Gasteiger partial charge in [0.1, 0.15) is 11.5 Å². The second-order valence-electron chi connectivity index (χ2n) is 5.44. The number of aryl methyl sites for hydroxylation is 2. The van der Waals surface area contributed by atoms with Gasteiger partial charge in [-0.15, -0.1) is 0 Å². The molecular formula is C18H21NO. The zero-order valence-electron chi connectivity index (χ0n) is 11.9. The van der Waals surface area contributed by atoms with Crippen LogP contribution in [0.4, 0.5) is 0 Å². The lowest BCUT2D eigenvalue weighted by atomic mass is 10.0. The second-order valence-corrected chi connectivity index (χ2v) is 5.44. The summed E-state index contributed by atoms with van der Waals surface area (Å²) in [5.74, 6) is 1.79. The van der Waals surface area contributed by atoms with Crippen molar-refractivity contribution in [3.63, 3.8) is 0 Å². The fourth-order valence-electron chi connectivity index (χ4n) is 2.84. The van der Waals surface area contributed by atoms with Crippen molar-refractivity contribution in [3.05, 3.63) is 59.2 Å². The highest BCUT2D eigenvalue weighted by Gasteiger charge is 2.14. The molecule has 2 aromatic carbocycles. The Bertz CT molecular complexity index is 606. The molecule has 1 aliphatic carbocycles. The summed E-state index contributed by atoms with van der Waals surface area (Å²) >= 11 is 0. The van der Waals surface area contributed by atoms with E-state index < -0.39 is 0 Å². The molecule has 0 aliphatic heterocycles. The summed E-state index contributed by atoms with van der Waals surface area (Å²) in [6.45, 7) is 2.09. The Hall–Kier alpha value is -1.80. The molecular weight excluding hydrogens is 246 g/mol. The number of para-hydroxylation sites is 1. The Kier molecular flexibility index (Phi) is 3.75. The molecule has 0 saturated heterocycles. The number of hydrogen-bond acceptors (Lipinski definition) is 2. The number of fused-ring (bicyclic) bond motifs is 1. The van der Waals surface area contributed by atoms with Gasteiger partial charge in [0.2, 0.25) is 0 Å². The molecule has 2 N–H and O–H groups in total. The van der Waals surface area contributed by atoms with Crippen molar-refractivity contribution < 1.29 is 4.74 Å². The first-order chi connectivity index (χ1) is 9.78. The van der Waals surface area contributed by atoms with E-state index in [1.165, 1.54) is 30.4 Å². The third kappa shape index (κ3) is 2.56. The van der Waals surface area contributed by atoms with Gasteiger partial charge in [0.05, 0.1) is 0 Å². The molecule has 0 unspecified atom stereocenters. The minimum Gasteiger partial charge on any atom is -0.457 e. The molecule has 0 bridgehead atoms. The zero-order chi connectivity index (χ0) is 13.9. The van der Waals surface area contributed by atoms with E-state index in [9.17, 15) is 0 Å². The lowest BCUT2D eigenvalue weighted by Crippen LogP contribution is -2.09. The van der Waals surface area contributed by atoms with Gasteiger partial charge in [0.25, 0.3) is 0 Å². The molecule has 0 aromatic heterocycles. The molecule has 0 saturated carbocycles. The maximum atomic E-state index is 6.16. The lowest BCUT2D eigenvalue weighted by Gasteiger charge is -2.16. The smallest absolute Gasteiger partial charge is 0.132 e. The van der Waals surface area contributed by atoms with Crippen molar-refractivity contribution in [2.75, 3.05) is 0 Å². The van der Waals surface area contributed by atoms with Crippen molar-refractivity contribution in [1.82, 2.24) is 0 Å². The maximum Gasteiger partial charge on any atom is 0.132 e. The van der Waals surface area contributed by atoms with E-state index in [1.807, 2.05) is 18.2 Å². The molecule has 0 heterocycles. The highest BCUT2D eigenvalue weighted by Crippen LogP contribution is 2.32. The molecule has 0 radical (unpaired) electrons. The van der Waals surface area contributed by atoms with E-state index in [4.69, 9.17) is 10.5 Å². The van der Waals surface area contributed by atoms with Crippen LogP contribution in [-0.4, -0.2) is 0 Å². The Morgan fingerprint density at radius 2 is 1.90 bits per heavy atom. The van der Waals surface area contributed by atoms with Crippen LogP contribution in [0.5, 0.6) is 11.5 Å². The van der Waals surface area contributed by atoms with Gasteiger partial charge >= 0.3 is 0 Å². The Morgan fingerprint density at radius 1 is 1.10 bits per heavy atom. The fourth-order valence-corrected chi connectivity index (χ4v) is 2.84. The number of hydrogen-bond donors (Lipinski definition) is 1. The zero-order valence-corrected chi connectivity index (χ0v) is 11.9. The SMILES string of the molecule is CC[C@@H](N)c1ccccc1Oc1ccc2c(c1)CCC2. The van der Waals surface area contributed by atoms with Gasteiger partial charge in [-0.3, -0.25) is 0 Å². The highest BCUT2D eigenvalue weighted by molar-refractivity contribution is 5.43. The third-order valence-electron chi connectivity index (χ3n) is 4.06. The summed E-state index contributed by atoms with van der Waals surface area (Å²) in [5.41, 5.74) is 10.1. The first-order valence-electron chi connectivity index (χ1n) is 7.42. The summed E-state index contributed by atoms with van der Waals surface area (Å²) in [4.78, 5) is 0. The molecule has 0 spiro atoms. The van der Waals surface area contributed by atoms with Gasteiger partial charge < -0.3 is 10.5 Å². The summed E-state index contributed by atoms with van der Waals surface area (Å²) in [5, 5.41) is 0. The number of nitrogens with two attached hydrogens (primary N) is 1. The van der Waals surface area contributed by atoms with Crippen molar-refractivity contribution in [2.45, 2.75) is 38.6 Å². The summed E-state index contributed by atoms with van der Waals surface area (Å²) in [7, 11) is 0. The van der Waals surface area contributed by atoms with Gasteiger partial charge in [-0.25, -0.2) is 0 Å². The lowest BCUT2D eigenvalue weighted by molar-refractivity contribution is 0.468. The fraction of sp³-hybridized carbons (Fsp3) is 0.333. The molecule has 2 nitrogen and oxygen atoms in total. The van der Waals surface area contributed by atoms with Gasteiger partial charge in [0, 0.05) is 11.6 Å². The van der Waals surface area contributed by atoms with E-state index in [0.717, 1.165) is 23.5 Å². The maximum absolute atomic E-state index is 6.16. The third-order valence-corrected chi connectivity index (χ3v) is 4.06. The van der Waals surface area contributed by atoms with Gasteiger partial charge in [-0.05, 0) is 55.0 Å². The summed E-state index contributed by atoms with van der Waals surface area (Å²) in [6, 6.07) is 14.5. The van der Waals surface area contributed by atoms with Crippen LogP contribution in [0.1, 0.15) is 42.5 Å². The minimum absolute atomic E-state index is 0.0284. The van der Waals surface area contributed by atoms with Crippen molar-refractivity contribution in [2.24, 2.45) is 5.73 Å². The van der Waals surface area contributed by atoms with E-state index >= 15 is 0 Å². The average Bonchev–Trinajstić information content (AvgIpc) is 2.94. The van der Waals surface area contributed by atoms with E-state index in [1.54, 1.807) is 0 Å². The molecule has 2 aromatic rings. The van der Waals surface area contributed by atoms with Gasteiger partial charge in [-0.1, -0.05) is 31.2 Å². The first kappa shape index (κ1) is 13.2.